The number of carbonyl (C=O) groups excluding carboxylic acids is 2. The molecule has 7 nitrogen and oxygen atoms in total. The van der Waals surface area contributed by atoms with Crippen molar-refractivity contribution in [3.8, 4) is 0 Å². The van der Waals surface area contributed by atoms with Crippen molar-refractivity contribution in [2.75, 3.05) is 6.54 Å². The van der Waals surface area contributed by atoms with Gasteiger partial charge in [0.25, 0.3) is 5.91 Å². The highest BCUT2D eigenvalue weighted by Crippen LogP contribution is 2.18. The zero-order chi connectivity index (χ0) is 13.3. The van der Waals surface area contributed by atoms with Crippen LogP contribution in [0.5, 0.6) is 0 Å². The Kier molecular flexibility index (Phi) is 3.30. The number of aliphatic carboxylic acids is 1. The molecule has 2 amide bonds. The van der Waals surface area contributed by atoms with Crippen molar-refractivity contribution >= 4 is 18.0 Å². The van der Waals surface area contributed by atoms with E-state index in [2.05, 4.69) is 10.6 Å². The fourth-order valence-electron chi connectivity index (χ4n) is 1.48. The van der Waals surface area contributed by atoms with Crippen LogP contribution in [0.3, 0.4) is 0 Å². The molecule has 17 heavy (non-hydrogen) atoms. The molecular formula is C10H16N2O5. The van der Waals surface area contributed by atoms with E-state index in [1.54, 1.807) is 20.8 Å². The van der Waals surface area contributed by atoms with Gasteiger partial charge in [0.1, 0.15) is 5.60 Å². The van der Waals surface area contributed by atoms with Crippen LogP contribution in [-0.4, -0.2) is 40.8 Å². The summed E-state index contributed by atoms with van der Waals surface area (Å²) in [7, 11) is 0. The summed E-state index contributed by atoms with van der Waals surface area (Å²) < 4.78 is 4.93. The first-order valence-corrected chi connectivity index (χ1v) is 5.20. The molecule has 0 aromatic carbocycles. The van der Waals surface area contributed by atoms with Gasteiger partial charge in [-0.25, -0.2) is 9.59 Å². The molecule has 1 heterocycles. The standard InChI is InChI=1S/C10H16N2O5/c1-9(2,3)17-8(16)12-10(7(14)15)4-5-11-6(10)13/h4-5H2,1-3H3,(H,11,13)(H,12,16)(H,14,15)/t10-/m0/s1. The van der Waals surface area contributed by atoms with Crippen molar-refractivity contribution in [2.24, 2.45) is 0 Å². The summed E-state index contributed by atoms with van der Waals surface area (Å²) in [5.41, 5.74) is -2.67. The minimum Gasteiger partial charge on any atom is -0.479 e. The van der Waals surface area contributed by atoms with Crippen LogP contribution in [0.2, 0.25) is 0 Å². The van der Waals surface area contributed by atoms with Gasteiger partial charge >= 0.3 is 12.1 Å². The van der Waals surface area contributed by atoms with E-state index < -0.39 is 29.1 Å². The molecule has 1 saturated heterocycles. The van der Waals surface area contributed by atoms with Gasteiger partial charge in [0.2, 0.25) is 5.54 Å². The number of hydrogen-bond donors (Lipinski definition) is 3. The van der Waals surface area contributed by atoms with E-state index >= 15 is 0 Å². The maximum atomic E-state index is 11.5. The number of alkyl carbamates (subject to hydrolysis) is 1. The fraction of sp³-hybridized carbons (Fsp3) is 0.700. The van der Waals surface area contributed by atoms with Crippen LogP contribution in [0.25, 0.3) is 0 Å². The molecule has 0 aliphatic carbocycles. The maximum Gasteiger partial charge on any atom is 0.408 e. The Bertz CT molecular complexity index is 360. The van der Waals surface area contributed by atoms with Crippen molar-refractivity contribution < 1.29 is 24.2 Å². The summed E-state index contributed by atoms with van der Waals surface area (Å²) in [5.74, 6) is -2.12. The van der Waals surface area contributed by atoms with E-state index in [0.29, 0.717) is 0 Å². The van der Waals surface area contributed by atoms with Crippen LogP contribution in [0.15, 0.2) is 0 Å². The third-order valence-electron chi connectivity index (χ3n) is 2.25. The summed E-state index contributed by atoms with van der Waals surface area (Å²) in [6, 6.07) is 0. The minimum absolute atomic E-state index is 0.000406. The molecule has 1 rings (SSSR count). The highest BCUT2D eigenvalue weighted by Gasteiger charge is 2.51. The van der Waals surface area contributed by atoms with Crippen LogP contribution in [-0.2, 0) is 14.3 Å². The Morgan fingerprint density at radius 3 is 2.41 bits per heavy atom. The summed E-state index contributed by atoms with van der Waals surface area (Å²) in [6.45, 7) is 5.15. The molecule has 0 radical (unpaired) electrons. The first-order chi connectivity index (χ1) is 7.67. The van der Waals surface area contributed by atoms with Crippen LogP contribution in [0, 0.1) is 0 Å². The van der Waals surface area contributed by atoms with E-state index in [-0.39, 0.29) is 13.0 Å². The van der Waals surface area contributed by atoms with Crippen molar-refractivity contribution in [3.63, 3.8) is 0 Å². The van der Waals surface area contributed by atoms with E-state index in [0.717, 1.165) is 0 Å². The third-order valence-corrected chi connectivity index (χ3v) is 2.25. The van der Waals surface area contributed by atoms with Crippen molar-refractivity contribution in [2.45, 2.75) is 38.3 Å². The normalized spacial score (nSPS) is 24.1. The second-order valence-electron chi connectivity index (χ2n) is 4.84. The SMILES string of the molecule is CC(C)(C)OC(=O)N[C@@]1(C(=O)O)CCNC1=O. The molecule has 3 N–H and O–H groups in total. The molecular weight excluding hydrogens is 228 g/mol. The first kappa shape index (κ1) is 13.3. The van der Waals surface area contributed by atoms with Crippen molar-refractivity contribution in [1.29, 1.82) is 0 Å². The molecule has 96 valence electrons. The van der Waals surface area contributed by atoms with Gasteiger partial charge in [-0.3, -0.25) is 10.1 Å². The molecule has 0 aromatic heterocycles. The first-order valence-electron chi connectivity index (χ1n) is 5.20. The van der Waals surface area contributed by atoms with Crippen LogP contribution >= 0.6 is 0 Å². The number of carboxylic acid groups (broad SMARTS) is 1. The van der Waals surface area contributed by atoms with Gasteiger partial charge in [-0.1, -0.05) is 0 Å². The lowest BCUT2D eigenvalue weighted by atomic mass is 9.98. The molecule has 7 heteroatoms. The van der Waals surface area contributed by atoms with E-state index in [4.69, 9.17) is 9.84 Å². The van der Waals surface area contributed by atoms with E-state index in [1.807, 2.05) is 0 Å². The molecule has 1 atom stereocenters. The number of nitrogens with one attached hydrogen (secondary N) is 2. The zero-order valence-corrected chi connectivity index (χ0v) is 9.99. The van der Waals surface area contributed by atoms with Gasteiger partial charge in [-0.15, -0.1) is 0 Å². The zero-order valence-electron chi connectivity index (χ0n) is 9.99. The number of rotatable bonds is 2. The Morgan fingerprint density at radius 1 is 1.47 bits per heavy atom. The van der Waals surface area contributed by atoms with Crippen LogP contribution in [0.1, 0.15) is 27.2 Å². The van der Waals surface area contributed by atoms with E-state index in [1.165, 1.54) is 0 Å². The molecule has 1 aliphatic heterocycles. The summed E-state index contributed by atoms with van der Waals surface area (Å²) >= 11 is 0. The summed E-state index contributed by atoms with van der Waals surface area (Å²) in [4.78, 5) is 34.1. The highest BCUT2D eigenvalue weighted by atomic mass is 16.6. The summed E-state index contributed by atoms with van der Waals surface area (Å²) in [5, 5.41) is 13.5. The molecule has 1 fully saturated rings. The van der Waals surface area contributed by atoms with Gasteiger partial charge in [-0.05, 0) is 20.8 Å². The average Bonchev–Trinajstić information content (AvgIpc) is 2.45. The maximum absolute atomic E-state index is 11.5. The van der Waals surface area contributed by atoms with Gasteiger partial charge < -0.3 is 15.2 Å². The molecule has 0 aromatic rings. The number of amides is 2. The predicted molar refractivity (Wildman–Crippen MR) is 57.4 cm³/mol. The molecule has 0 spiro atoms. The molecule has 0 unspecified atom stereocenters. The van der Waals surface area contributed by atoms with Crippen molar-refractivity contribution in [1.82, 2.24) is 10.6 Å². The summed E-state index contributed by atoms with van der Waals surface area (Å²) in [6.07, 6.45) is -0.919. The van der Waals surface area contributed by atoms with Crippen LogP contribution < -0.4 is 10.6 Å². The monoisotopic (exact) mass is 244 g/mol. The number of ether oxygens (including phenoxy) is 1. The minimum atomic E-state index is -1.91. The Hall–Kier alpha value is -1.79. The lowest BCUT2D eigenvalue weighted by molar-refractivity contribution is -0.149. The molecule has 0 bridgehead atoms. The number of carboxylic acids is 1. The quantitative estimate of drug-likeness (QED) is 0.586. The lowest BCUT2D eigenvalue weighted by Gasteiger charge is -2.25. The smallest absolute Gasteiger partial charge is 0.408 e. The van der Waals surface area contributed by atoms with Gasteiger partial charge in [-0.2, -0.15) is 0 Å². The number of hydrogen-bond acceptors (Lipinski definition) is 4. The predicted octanol–water partition coefficient (Wildman–Crippen LogP) is -0.146. The fourth-order valence-corrected chi connectivity index (χ4v) is 1.48. The van der Waals surface area contributed by atoms with Crippen LogP contribution in [0.4, 0.5) is 4.79 Å². The second kappa shape index (κ2) is 4.23. The van der Waals surface area contributed by atoms with Gasteiger partial charge in [0.15, 0.2) is 0 Å². The highest BCUT2D eigenvalue weighted by molar-refractivity contribution is 6.10. The Labute approximate surface area is 98.5 Å². The Balaban J connectivity index is 2.79. The third kappa shape index (κ3) is 2.86. The molecule has 0 saturated carbocycles. The van der Waals surface area contributed by atoms with Gasteiger partial charge in [0.05, 0.1) is 0 Å². The Morgan fingerprint density at radius 2 is 2.06 bits per heavy atom. The second-order valence-corrected chi connectivity index (χ2v) is 4.84. The van der Waals surface area contributed by atoms with E-state index in [9.17, 15) is 14.4 Å². The topological polar surface area (TPSA) is 105 Å². The lowest BCUT2D eigenvalue weighted by Crippen LogP contribution is -2.59. The number of carbonyl (C=O) groups is 3. The van der Waals surface area contributed by atoms with Gasteiger partial charge in [0, 0.05) is 13.0 Å². The van der Waals surface area contributed by atoms with Crippen molar-refractivity contribution in [3.05, 3.63) is 0 Å². The average molecular weight is 244 g/mol. The molecule has 1 aliphatic rings. The largest absolute Gasteiger partial charge is 0.479 e.